The summed E-state index contributed by atoms with van der Waals surface area (Å²) >= 11 is 0. The fraction of sp³-hybridized carbons (Fsp3) is 0.579. The maximum atomic E-state index is 12.7. The number of rotatable bonds is 7. The Kier molecular flexibility index (Phi) is 6.83. The van der Waals surface area contributed by atoms with Gasteiger partial charge in [0.25, 0.3) is 0 Å². The van der Waals surface area contributed by atoms with Crippen LogP contribution in [0.2, 0.25) is 0 Å². The molecule has 1 amide bonds. The summed E-state index contributed by atoms with van der Waals surface area (Å²) in [6.45, 7) is 4.76. The van der Waals surface area contributed by atoms with Crippen molar-refractivity contribution in [1.29, 1.82) is 0 Å². The Balaban J connectivity index is 1.57. The molecule has 1 saturated heterocycles. The molecule has 2 heterocycles. The number of likely N-dealkylation sites (tertiary alicyclic amines) is 1. The van der Waals surface area contributed by atoms with E-state index in [4.69, 9.17) is 0 Å². The van der Waals surface area contributed by atoms with E-state index in [1.165, 1.54) is 16.8 Å². The maximum Gasteiger partial charge on any atom is 0.416 e. The number of carbonyl (C=O) groups excluding carboxylic acids is 1. The van der Waals surface area contributed by atoms with E-state index >= 15 is 0 Å². The monoisotopic (exact) mass is 410 g/mol. The van der Waals surface area contributed by atoms with Crippen LogP contribution in [0.4, 0.5) is 13.2 Å². The van der Waals surface area contributed by atoms with E-state index in [1.807, 2.05) is 0 Å². The van der Waals surface area contributed by atoms with Crippen molar-refractivity contribution in [3.63, 3.8) is 0 Å². The minimum Gasteiger partial charge on any atom is -0.356 e. The molecule has 7 nitrogen and oxygen atoms in total. The molecule has 1 aromatic heterocycles. The molecule has 0 saturated carbocycles. The molecule has 0 bridgehead atoms. The summed E-state index contributed by atoms with van der Waals surface area (Å²) < 4.78 is 39.7. The van der Waals surface area contributed by atoms with Gasteiger partial charge >= 0.3 is 6.18 Å². The number of nitrogens with one attached hydrogen (secondary N) is 1. The van der Waals surface area contributed by atoms with Crippen LogP contribution in [0, 0.1) is 5.92 Å². The number of hydrogen-bond acceptors (Lipinski definition) is 5. The largest absolute Gasteiger partial charge is 0.416 e. The SMILES string of the molecule is CCCCNC(=O)C1CCN(Cc2nnnn2-c2ccc(C(F)(F)F)cc2)CC1. The number of tetrazole rings is 1. The summed E-state index contributed by atoms with van der Waals surface area (Å²) in [5.41, 5.74) is -0.238. The zero-order valence-electron chi connectivity index (χ0n) is 16.3. The Morgan fingerprint density at radius 2 is 1.90 bits per heavy atom. The quantitative estimate of drug-likeness (QED) is 0.711. The van der Waals surface area contributed by atoms with E-state index < -0.39 is 11.7 Å². The lowest BCUT2D eigenvalue weighted by molar-refractivity contribution is -0.137. The summed E-state index contributed by atoms with van der Waals surface area (Å²) in [5.74, 6) is 0.692. The van der Waals surface area contributed by atoms with Crippen LogP contribution in [-0.4, -0.2) is 50.6 Å². The smallest absolute Gasteiger partial charge is 0.356 e. The summed E-state index contributed by atoms with van der Waals surface area (Å²) in [6.07, 6.45) is -0.821. The molecule has 0 aliphatic carbocycles. The van der Waals surface area contributed by atoms with Crippen LogP contribution in [0.15, 0.2) is 24.3 Å². The van der Waals surface area contributed by atoms with Crippen LogP contribution in [0.3, 0.4) is 0 Å². The fourth-order valence-corrected chi connectivity index (χ4v) is 3.38. The highest BCUT2D eigenvalue weighted by atomic mass is 19.4. The number of piperidine rings is 1. The summed E-state index contributed by atoms with van der Waals surface area (Å²) in [4.78, 5) is 14.3. The topological polar surface area (TPSA) is 75.9 Å². The lowest BCUT2D eigenvalue weighted by Crippen LogP contribution is -2.40. The second-order valence-electron chi connectivity index (χ2n) is 7.25. The van der Waals surface area contributed by atoms with Gasteiger partial charge in [0.1, 0.15) is 0 Å². The summed E-state index contributed by atoms with van der Waals surface area (Å²) in [6, 6.07) is 4.75. The van der Waals surface area contributed by atoms with Gasteiger partial charge in [0.15, 0.2) is 5.82 Å². The molecule has 0 unspecified atom stereocenters. The van der Waals surface area contributed by atoms with Gasteiger partial charge in [-0.25, -0.2) is 0 Å². The standard InChI is InChI=1S/C19H25F3N6O/c1-2-3-10-23-18(29)14-8-11-27(12-9-14)13-17-24-25-26-28(17)16-6-4-15(5-7-16)19(20,21)22/h4-7,14H,2-3,8-13H2,1H3,(H,23,29). The third kappa shape index (κ3) is 5.53. The van der Waals surface area contributed by atoms with Gasteiger partial charge in [0, 0.05) is 12.5 Å². The molecular formula is C19H25F3N6O. The van der Waals surface area contributed by atoms with Crippen molar-refractivity contribution in [1.82, 2.24) is 30.4 Å². The third-order valence-electron chi connectivity index (χ3n) is 5.13. The number of nitrogens with zero attached hydrogens (tertiary/aromatic N) is 5. The van der Waals surface area contributed by atoms with E-state index in [9.17, 15) is 18.0 Å². The van der Waals surface area contributed by atoms with Gasteiger partial charge in [-0.3, -0.25) is 9.69 Å². The van der Waals surface area contributed by atoms with Crippen LogP contribution in [0.5, 0.6) is 0 Å². The molecular weight excluding hydrogens is 385 g/mol. The normalized spacial score (nSPS) is 16.1. The molecule has 2 aromatic rings. The number of hydrogen-bond donors (Lipinski definition) is 1. The average Bonchev–Trinajstić information content (AvgIpc) is 3.16. The van der Waals surface area contributed by atoms with Crippen molar-refractivity contribution >= 4 is 5.91 Å². The zero-order chi connectivity index (χ0) is 20.9. The first-order valence-corrected chi connectivity index (χ1v) is 9.83. The van der Waals surface area contributed by atoms with Crippen molar-refractivity contribution in [2.24, 2.45) is 5.92 Å². The van der Waals surface area contributed by atoms with Crippen molar-refractivity contribution in [3.05, 3.63) is 35.7 Å². The van der Waals surface area contributed by atoms with E-state index in [1.54, 1.807) is 0 Å². The second-order valence-corrected chi connectivity index (χ2v) is 7.25. The number of aromatic nitrogens is 4. The molecule has 1 aromatic carbocycles. The molecule has 10 heteroatoms. The van der Waals surface area contributed by atoms with Crippen LogP contribution in [-0.2, 0) is 17.5 Å². The number of carbonyl (C=O) groups is 1. The minimum absolute atomic E-state index is 0.0222. The number of benzene rings is 1. The Hall–Kier alpha value is -2.49. The molecule has 1 fully saturated rings. The Bertz CT molecular complexity index is 797. The fourth-order valence-electron chi connectivity index (χ4n) is 3.38. The predicted octanol–water partition coefficient (Wildman–Crippen LogP) is 2.81. The molecule has 0 spiro atoms. The lowest BCUT2D eigenvalue weighted by Gasteiger charge is -2.30. The van der Waals surface area contributed by atoms with Crippen LogP contribution in [0.25, 0.3) is 5.69 Å². The number of amides is 1. The summed E-state index contributed by atoms with van der Waals surface area (Å²) in [7, 11) is 0. The number of alkyl halides is 3. The van der Waals surface area contributed by atoms with Gasteiger partial charge < -0.3 is 5.32 Å². The van der Waals surface area contributed by atoms with Gasteiger partial charge in [-0.1, -0.05) is 13.3 Å². The van der Waals surface area contributed by atoms with Gasteiger partial charge in [-0.15, -0.1) is 5.10 Å². The van der Waals surface area contributed by atoms with E-state index in [2.05, 4.69) is 32.7 Å². The highest BCUT2D eigenvalue weighted by Gasteiger charge is 2.30. The van der Waals surface area contributed by atoms with E-state index in [0.717, 1.165) is 57.5 Å². The highest BCUT2D eigenvalue weighted by Crippen LogP contribution is 2.29. The van der Waals surface area contributed by atoms with Crippen LogP contribution in [0.1, 0.15) is 44.0 Å². The number of unbranched alkanes of at least 4 members (excludes halogenated alkanes) is 1. The molecule has 1 aliphatic heterocycles. The third-order valence-corrected chi connectivity index (χ3v) is 5.13. The number of halogens is 3. The first kappa shape index (κ1) is 21.2. The van der Waals surface area contributed by atoms with Crippen LogP contribution < -0.4 is 5.32 Å². The molecule has 0 radical (unpaired) electrons. The van der Waals surface area contributed by atoms with Crippen molar-refractivity contribution in [2.45, 2.75) is 45.3 Å². The minimum atomic E-state index is -4.38. The van der Waals surface area contributed by atoms with Gasteiger partial charge in [0.2, 0.25) is 5.91 Å². The molecule has 3 rings (SSSR count). The Morgan fingerprint density at radius 3 is 2.52 bits per heavy atom. The van der Waals surface area contributed by atoms with Crippen LogP contribution >= 0.6 is 0 Å². The molecule has 1 N–H and O–H groups in total. The maximum absolute atomic E-state index is 12.7. The molecule has 158 valence electrons. The van der Waals surface area contributed by atoms with E-state index in [-0.39, 0.29) is 11.8 Å². The average molecular weight is 410 g/mol. The molecule has 29 heavy (non-hydrogen) atoms. The second kappa shape index (κ2) is 9.34. The van der Waals surface area contributed by atoms with Gasteiger partial charge in [0.05, 0.1) is 17.8 Å². The Morgan fingerprint density at radius 1 is 1.21 bits per heavy atom. The highest BCUT2D eigenvalue weighted by molar-refractivity contribution is 5.78. The van der Waals surface area contributed by atoms with Crippen molar-refractivity contribution in [2.75, 3.05) is 19.6 Å². The van der Waals surface area contributed by atoms with E-state index in [0.29, 0.717) is 18.1 Å². The lowest BCUT2D eigenvalue weighted by atomic mass is 9.96. The zero-order valence-corrected chi connectivity index (χ0v) is 16.3. The first-order chi connectivity index (χ1) is 13.9. The van der Waals surface area contributed by atoms with Crippen molar-refractivity contribution in [3.8, 4) is 5.69 Å². The molecule has 1 aliphatic rings. The Labute approximate surface area is 167 Å². The van der Waals surface area contributed by atoms with Gasteiger partial charge in [-0.05, 0) is 67.0 Å². The molecule has 0 atom stereocenters. The summed E-state index contributed by atoms with van der Waals surface area (Å²) in [5, 5.41) is 14.6. The predicted molar refractivity (Wildman–Crippen MR) is 100 cm³/mol. The van der Waals surface area contributed by atoms with Gasteiger partial charge in [-0.2, -0.15) is 17.9 Å². The first-order valence-electron chi connectivity index (χ1n) is 9.83. The van der Waals surface area contributed by atoms with Crippen molar-refractivity contribution < 1.29 is 18.0 Å².